The molecule has 6 heteroatoms. The number of hydrogen-bond acceptors (Lipinski definition) is 5. The summed E-state index contributed by atoms with van der Waals surface area (Å²) in [5, 5.41) is 20.3. The van der Waals surface area contributed by atoms with E-state index in [4.69, 9.17) is 10.00 Å². The number of carbonyl (C=O) groups excluding carboxylic acids is 1. The van der Waals surface area contributed by atoms with E-state index in [1.54, 1.807) is 6.20 Å². The van der Waals surface area contributed by atoms with Crippen molar-refractivity contribution in [2.45, 2.75) is 76.7 Å². The monoisotopic (exact) mass is 343 g/mol. The third-order valence-electron chi connectivity index (χ3n) is 5.09. The highest BCUT2D eigenvalue weighted by Gasteiger charge is 2.51. The summed E-state index contributed by atoms with van der Waals surface area (Å²) in [5.41, 5.74) is 0.315. The molecule has 1 amide bonds. The minimum atomic E-state index is -1.02. The number of fused-ring (bicyclic) bond motifs is 2. The number of aryl methyl sites for hydroxylation is 1. The van der Waals surface area contributed by atoms with Crippen LogP contribution in [0.2, 0.25) is 0 Å². The van der Waals surface area contributed by atoms with Crippen molar-refractivity contribution in [3.8, 4) is 6.07 Å². The zero-order chi connectivity index (χ0) is 18.4. The number of pyridine rings is 1. The van der Waals surface area contributed by atoms with Gasteiger partial charge in [-0.1, -0.05) is 0 Å². The molecule has 2 fully saturated rings. The van der Waals surface area contributed by atoms with Crippen molar-refractivity contribution in [3.05, 3.63) is 29.1 Å². The van der Waals surface area contributed by atoms with Crippen molar-refractivity contribution in [2.24, 2.45) is 0 Å². The fraction of sp³-hybridized carbons (Fsp3) is 0.632. The van der Waals surface area contributed by atoms with E-state index in [0.29, 0.717) is 18.5 Å². The lowest BCUT2D eigenvalue weighted by Gasteiger charge is -2.44. The van der Waals surface area contributed by atoms with Gasteiger partial charge in [0.05, 0.1) is 5.60 Å². The van der Waals surface area contributed by atoms with Crippen LogP contribution in [0, 0.1) is 18.3 Å². The number of nitriles is 1. The summed E-state index contributed by atoms with van der Waals surface area (Å²) in [4.78, 5) is 18.5. The second kappa shape index (κ2) is 5.99. The lowest BCUT2D eigenvalue weighted by Crippen LogP contribution is -2.53. The number of hydrogen-bond donors (Lipinski definition) is 1. The van der Waals surface area contributed by atoms with Crippen LogP contribution in [0.15, 0.2) is 12.3 Å². The quantitative estimate of drug-likeness (QED) is 0.847. The highest BCUT2D eigenvalue weighted by Crippen LogP contribution is 2.46. The molecule has 2 atom stereocenters. The van der Waals surface area contributed by atoms with Crippen molar-refractivity contribution in [2.75, 3.05) is 0 Å². The predicted molar refractivity (Wildman–Crippen MR) is 91.7 cm³/mol. The van der Waals surface area contributed by atoms with Gasteiger partial charge in [-0.25, -0.2) is 9.78 Å². The van der Waals surface area contributed by atoms with E-state index in [-0.39, 0.29) is 18.2 Å². The van der Waals surface area contributed by atoms with Gasteiger partial charge in [-0.05, 0) is 52.2 Å². The number of amides is 1. The van der Waals surface area contributed by atoms with Crippen molar-refractivity contribution < 1.29 is 14.6 Å². The number of aliphatic hydroxyl groups is 1. The largest absolute Gasteiger partial charge is 0.444 e. The lowest BCUT2D eigenvalue weighted by molar-refractivity contribution is -0.0626. The van der Waals surface area contributed by atoms with Crippen molar-refractivity contribution in [1.29, 1.82) is 5.26 Å². The molecule has 1 aromatic heterocycles. The van der Waals surface area contributed by atoms with E-state index in [2.05, 4.69) is 4.98 Å². The Morgan fingerprint density at radius 2 is 2.00 bits per heavy atom. The summed E-state index contributed by atoms with van der Waals surface area (Å²) >= 11 is 0. The number of carbonyl (C=O) groups is 1. The molecule has 2 aliphatic rings. The first-order chi connectivity index (χ1) is 11.6. The van der Waals surface area contributed by atoms with Crippen LogP contribution in [0.5, 0.6) is 0 Å². The highest BCUT2D eigenvalue weighted by molar-refractivity contribution is 5.69. The molecule has 1 aromatic rings. The Morgan fingerprint density at radius 1 is 1.40 bits per heavy atom. The van der Waals surface area contributed by atoms with Crippen LogP contribution in [0.1, 0.15) is 63.3 Å². The molecule has 0 saturated carbocycles. The van der Waals surface area contributed by atoms with Crippen molar-refractivity contribution in [1.82, 2.24) is 9.88 Å². The van der Waals surface area contributed by atoms with Crippen LogP contribution in [0.25, 0.3) is 0 Å². The average Bonchev–Trinajstić information content (AvgIpc) is 2.78. The first kappa shape index (κ1) is 17.7. The third-order valence-corrected chi connectivity index (χ3v) is 5.09. The molecule has 0 aliphatic carbocycles. The number of ether oxygens (including phenoxy) is 1. The highest BCUT2D eigenvalue weighted by atomic mass is 16.6. The smallest absolute Gasteiger partial charge is 0.410 e. The molecule has 2 aliphatic heterocycles. The minimum absolute atomic E-state index is 0.0328. The Hall–Kier alpha value is -2.13. The average molecular weight is 343 g/mol. The maximum atomic E-state index is 12.5. The number of aromatic nitrogens is 1. The first-order valence-electron chi connectivity index (χ1n) is 8.74. The van der Waals surface area contributed by atoms with Crippen LogP contribution >= 0.6 is 0 Å². The topological polar surface area (TPSA) is 86.4 Å². The summed E-state index contributed by atoms with van der Waals surface area (Å²) in [6.45, 7) is 7.40. The van der Waals surface area contributed by atoms with Gasteiger partial charge in [-0.15, -0.1) is 0 Å². The van der Waals surface area contributed by atoms with E-state index < -0.39 is 11.2 Å². The number of nitrogens with zero attached hydrogens (tertiary/aromatic N) is 3. The van der Waals surface area contributed by atoms with E-state index >= 15 is 0 Å². The summed E-state index contributed by atoms with van der Waals surface area (Å²) in [6, 6.07) is 3.83. The standard InChI is InChI=1S/C19H25N3O3/c1-12-7-13(11-21-16(12)10-20)19(24)8-14-5-6-15(9-19)22(14)17(23)25-18(2,3)4/h7,11,14-15,24H,5-6,8-9H2,1-4H3. The molecule has 2 saturated heterocycles. The maximum absolute atomic E-state index is 12.5. The van der Waals surface area contributed by atoms with Gasteiger partial charge < -0.3 is 14.7 Å². The molecule has 134 valence electrons. The fourth-order valence-corrected chi connectivity index (χ4v) is 4.02. The number of piperidine rings is 1. The van der Waals surface area contributed by atoms with E-state index in [0.717, 1.165) is 24.0 Å². The Kier molecular flexibility index (Phi) is 4.24. The zero-order valence-electron chi connectivity index (χ0n) is 15.2. The lowest BCUT2D eigenvalue weighted by atomic mass is 9.81. The van der Waals surface area contributed by atoms with Crippen LogP contribution < -0.4 is 0 Å². The summed E-state index contributed by atoms with van der Waals surface area (Å²) in [6.07, 6.45) is 3.97. The van der Waals surface area contributed by atoms with Crippen LogP contribution in [0.4, 0.5) is 4.79 Å². The Bertz CT molecular complexity index is 718. The second-order valence-electron chi connectivity index (χ2n) is 8.21. The zero-order valence-corrected chi connectivity index (χ0v) is 15.2. The van der Waals surface area contributed by atoms with Gasteiger partial charge in [0.1, 0.15) is 17.4 Å². The molecule has 1 N–H and O–H groups in total. The SMILES string of the molecule is Cc1cc(C2(O)CC3CCC(C2)N3C(=O)OC(C)(C)C)cnc1C#N. The predicted octanol–water partition coefficient (Wildman–Crippen LogP) is 3.01. The fourth-order valence-electron chi connectivity index (χ4n) is 4.02. The second-order valence-corrected chi connectivity index (χ2v) is 8.21. The third kappa shape index (κ3) is 3.34. The van der Waals surface area contributed by atoms with Crippen LogP contribution in [-0.2, 0) is 10.3 Å². The van der Waals surface area contributed by atoms with E-state index in [1.807, 2.05) is 44.7 Å². The molecular formula is C19H25N3O3. The molecule has 3 heterocycles. The van der Waals surface area contributed by atoms with E-state index in [9.17, 15) is 9.90 Å². The van der Waals surface area contributed by atoms with Gasteiger partial charge in [-0.2, -0.15) is 5.26 Å². The van der Waals surface area contributed by atoms with Gasteiger partial charge >= 0.3 is 6.09 Å². The summed E-state index contributed by atoms with van der Waals surface area (Å²) < 4.78 is 5.54. The van der Waals surface area contributed by atoms with Gasteiger partial charge in [0.15, 0.2) is 0 Å². The molecule has 0 aromatic carbocycles. The molecule has 2 unspecified atom stereocenters. The van der Waals surface area contributed by atoms with Crippen LogP contribution in [0.3, 0.4) is 0 Å². The van der Waals surface area contributed by atoms with E-state index in [1.165, 1.54) is 0 Å². The number of rotatable bonds is 1. The molecule has 3 rings (SSSR count). The normalized spacial score (nSPS) is 28.6. The van der Waals surface area contributed by atoms with Crippen molar-refractivity contribution >= 4 is 6.09 Å². The van der Waals surface area contributed by atoms with Gasteiger partial charge in [0.2, 0.25) is 0 Å². The summed E-state index contributed by atoms with van der Waals surface area (Å²) in [5.74, 6) is 0. The van der Waals surface area contributed by atoms with Gasteiger partial charge in [0.25, 0.3) is 0 Å². The summed E-state index contributed by atoms with van der Waals surface area (Å²) in [7, 11) is 0. The maximum Gasteiger partial charge on any atom is 0.410 e. The van der Waals surface area contributed by atoms with Gasteiger partial charge in [-0.3, -0.25) is 0 Å². The minimum Gasteiger partial charge on any atom is -0.444 e. The van der Waals surface area contributed by atoms with Crippen molar-refractivity contribution in [3.63, 3.8) is 0 Å². The van der Waals surface area contributed by atoms with Gasteiger partial charge in [0, 0.05) is 36.7 Å². The van der Waals surface area contributed by atoms with Crippen LogP contribution in [-0.4, -0.2) is 38.8 Å². The molecule has 25 heavy (non-hydrogen) atoms. The Morgan fingerprint density at radius 3 is 2.48 bits per heavy atom. The molecule has 0 spiro atoms. The first-order valence-corrected chi connectivity index (χ1v) is 8.74. The molecule has 6 nitrogen and oxygen atoms in total. The molecule has 0 radical (unpaired) electrons. The Balaban J connectivity index is 1.82. The Labute approximate surface area is 148 Å². The molecular weight excluding hydrogens is 318 g/mol. The molecule has 2 bridgehead atoms.